The highest BCUT2D eigenvalue weighted by Crippen LogP contribution is 2.28. The summed E-state index contributed by atoms with van der Waals surface area (Å²) in [7, 11) is 3.61. The van der Waals surface area contributed by atoms with Gasteiger partial charge in [0.1, 0.15) is 11.6 Å². The first kappa shape index (κ1) is 21.5. The van der Waals surface area contributed by atoms with Crippen LogP contribution in [0.3, 0.4) is 0 Å². The van der Waals surface area contributed by atoms with Crippen LogP contribution in [0.25, 0.3) is 22.3 Å². The average Bonchev–Trinajstić information content (AvgIpc) is 3.39. The van der Waals surface area contributed by atoms with Gasteiger partial charge in [0.2, 0.25) is 0 Å². The number of carbonyl (C=O) groups is 1. The Morgan fingerprint density at radius 1 is 1.28 bits per heavy atom. The number of pyridine rings is 1. The Bertz CT molecular complexity index is 1270. The number of aromatic nitrogens is 5. The molecule has 0 saturated heterocycles. The van der Waals surface area contributed by atoms with E-state index in [0.29, 0.717) is 35.2 Å². The second-order valence-corrected chi connectivity index (χ2v) is 7.76. The molecule has 0 spiro atoms. The number of carbonyl (C=O) groups excluding carboxylic acids is 1. The van der Waals surface area contributed by atoms with Gasteiger partial charge < -0.3 is 20.3 Å². The minimum atomic E-state index is -0.164. The van der Waals surface area contributed by atoms with Crippen LogP contribution in [0.2, 0.25) is 0 Å². The van der Waals surface area contributed by atoms with Gasteiger partial charge in [-0.25, -0.2) is 9.97 Å². The lowest BCUT2D eigenvalue weighted by Crippen LogP contribution is -2.26. The Hall–Kier alpha value is -3.72. The molecule has 3 aromatic heterocycles. The molecule has 0 bridgehead atoms. The number of aromatic hydroxyl groups is 1. The zero-order valence-electron chi connectivity index (χ0n) is 18.7. The fraction of sp³-hybridized carbons (Fsp3) is 0.304. The molecular formula is C23H27N7O2. The largest absolute Gasteiger partial charge is 0.508 e. The van der Waals surface area contributed by atoms with E-state index < -0.39 is 0 Å². The summed E-state index contributed by atoms with van der Waals surface area (Å²) in [6.45, 7) is 5.84. The van der Waals surface area contributed by atoms with Crippen LogP contribution >= 0.6 is 0 Å². The number of phenols is 1. The molecule has 0 aliphatic rings. The summed E-state index contributed by atoms with van der Waals surface area (Å²) in [6, 6.07) is 6.61. The number of benzene rings is 1. The molecule has 166 valence electrons. The first-order valence-corrected chi connectivity index (χ1v) is 10.5. The first-order chi connectivity index (χ1) is 15.4. The van der Waals surface area contributed by atoms with E-state index in [9.17, 15) is 9.90 Å². The highest BCUT2D eigenvalue weighted by Gasteiger charge is 2.20. The lowest BCUT2D eigenvalue weighted by molar-refractivity contribution is 0.0787. The number of nitrogens with zero attached hydrogens (tertiary/aromatic N) is 5. The van der Waals surface area contributed by atoms with Crippen LogP contribution in [0, 0.1) is 6.92 Å². The molecule has 9 heteroatoms. The van der Waals surface area contributed by atoms with Crippen molar-refractivity contribution in [1.29, 1.82) is 0 Å². The maximum atomic E-state index is 13.5. The molecule has 0 aliphatic carbocycles. The number of amides is 1. The number of nitrogens with one attached hydrogen (secondary N) is 2. The molecule has 0 saturated carbocycles. The monoisotopic (exact) mass is 433 g/mol. The van der Waals surface area contributed by atoms with Crippen molar-refractivity contribution in [2.24, 2.45) is 0 Å². The lowest BCUT2D eigenvalue weighted by atomic mass is 10.0. The molecule has 4 rings (SSSR count). The van der Waals surface area contributed by atoms with Crippen molar-refractivity contribution >= 4 is 16.8 Å². The minimum absolute atomic E-state index is 0.0849. The molecule has 3 heterocycles. The molecule has 0 unspecified atom stereocenters. The first-order valence-electron chi connectivity index (χ1n) is 10.5. The standard InChI is InChI=1S/C23H27N7O2/c1-5-30-14(2)15(10-26-30)13-29(4)23(32)18-9-20(21-11-25-22(28-21)12-24-3)27-19-7-6-16(31)8-17(18)19/h6-11,24,31H,5,12-13H2,1-4H3,(H,25,28). The Balaban J connectivity index is 1.74. The van der Waals surface area contributed by atoms with E-state index in [-0.39, 0.29) is 11.7 Å². The number of fused-ring (bicyclic) bond motifs is 1. The smallest absolute Gasteiger partial charge is 0.254 e. The highest BCUT2D eigenvalue weighted by molar-refractivity contribution is 6.07. The van der Waals surface area contributed by atoms with E-state index in [0.717, 1.165) is 29.3 Å². The van der Waals surface area contributed by atoms with Gasteiger partial charge in [-0.05, 0) is 45.2 Å². The summed E-state index contributed by atoms with van der Waals surface area (Å²) in [6.07, 6.45) is 3.51. The van der Waals surface area contributed by atoms with Gasteiger partial charge in [-0.15, -0.1) is 0 Å². The summed E-state index contributed by atoms with van der Waals surface area (Å²) < 4.78 is 1.91. The highest BCUT2D eigenvalue weighted by atomic mass is 16.3. The van der Waals surface area contributed by atoms with Crippen molar-refractivity contribution in [3.8, 4) is 17.1 Å². The van der Waals surface area contributed by atoms with E-state index >= 15 is 0 Å². The van der Waals surface area contributed by atoms with Gasteiger partial charge in [0.15, 0.2) is 0 Å². The number of aryl methyl sites for hydroxylation is 1. The molecule has 0 aliphatic heterocycles. The van der Waals surface area contributed by atoms with E-state index in [1.54, 1.807) is 48.6 Å². The van der Waals surface area contributed by atoms with Crippen LogP contribution in [0.1, 0.15) is 34.4 Å². The van der Waals surface area contributed by atoms with Gasteiger partial charge in [-0.1, -0.05) is 0 Å². The number of H-pyrrole nitrogens is 1. The van der Waals surface area contributed by atoms with E-state index in [1.165, 1.54) is 0 Å². The van der Waals surface area contributed by atoms with Crippen LogP contribution in [0.4, 0.5) is 0 Å². The van der Waals surface area contributed by atoms with Gasteiger partial charge in [-0.2, -0.15) is 5.10 Å². The average molecular weight is 434 g/mol. The third-order valence-electron chi connectivity index (χ3n) is 5.53. The molecule has 1 aromatic carbocycles. The summed E-state index contributed by atoms with van der Waals surface area (Å²) in [5, 5.41) is 18.1. The fourth-order valence-corrected chi connectivity index (χ4v) is 3.77. The van der Waals surface area contributed by atoms with E-state index in [1.807, 2.05) is 25.6 Å². The molecule has 4 aromatic rings. The van der Waals surface area contributed by atoms with Crippen molar-refractivity contribution in [1.82, 2.24) is 34.9 Å². The summed E-state index contributed by atoms with van der Waals surface area (Å²) in [4.78, 5) is 27.4. The van der Waals surface area contributed by atoms with Crippen molar-refractivity contribution in [2.75, 3.05) is 14.1 Å². The Labute approximate surface area is 186 Å². The Morgan fingerprint density at radius 3 is 2.81 bits per heavy atom. The topological polar surface area (TPSA) is 112 Å². The van der Waals surface area contributed by atoms with Gasteiger partial charge in [0.05, 0.1) is 41.4 Å². The van der Waals surface area contributed by atoms with Crippen molar-refractivity contribution < 1.29 is 9.90 Å². The number of imidazole rings is 1. The third-order valence-corrected chi connectivity index (χ3v) is 5.53. The third kappa shape index (κ3) is 4.06. The summed E-state index contributed by atoms with van der Waals surface area (Å²) in [5.74, 6) is 0.702. The zero-order valence-corrected chi connectivity index (χ0v) is 18.7. The molecule has 0 atom stereocenters. The second kappa shape index (κ2) is 8.80. The molecular weight excluding hydrogens is 406 g/mol. The summed E-state index contributed by atoms with van der Waals surface area (Å²) in [5.41, 5.74) is 4.46. The fourth-order valence-electron chi connectivity index (χ4n) is 3.77. The predicted octanol–water partition coefficient (Wildman–Crippen LogP) is 2.85. The van der Waals surface area contributed by atoms with Crippen LogP contribution < -0.4 is 5.32 Å². The van der Waals surface area contributed by atoms with E-state index in [4.69, 9.17) is 0 Å². The van der Waals surface area contributed by atoms with Crippen LogP contribution in [-0.4, -0.2) is 54.7 Å². The number of hydrogen-bond acceptors (Lipinski definition) is 6. The zero-order chi connectivity index (χ0) is 22.8. The molecule has 0 fully saturated rings. The SMILES string of the molecule is CCn1ncc(CN(C)C(=O)c2cc(-c3cnc(CNC)[nH]3)nc3ccc(O)cc23)c1C. The lowest BCUT2D eigenvalue weighted by Gasteiger charge is -2.19. The normalized spacial score (nSPS) is 11.2. The Morgan fingerprint density at radius 2 is 2.09 bits per heavy atom. The van der Waals surface area contributed by atoms with Gasteiger partial charge >= 0.3 is 0 Å². The number of phenolic OH excluding ortho intramolecular Hbond substituents is 1. The maximum absolute atomic E-state index is 13.5. The molecule has 1 amide bonds. The maximum Gasteiger partial charge on any atom is 0.254 e. The van der Waals surface area contributed by atoms with Crippen LogP contribution in [-0.2, 0) is 19.6 Å². The van der Waals surface area contributed by atoms with Gasteiger partial charge in [0.25, 0.3) is 5.91 Å². The van der Waals surface area contributed by atoms with Gasteiger partial charge in [-0.3, -0.25) is 9.48 Å². The van der Waals surface area contributed by atoms with Crippen molar-refractivity contribution in [2.45, 2.75) is 33.5 Å². The summed E-state index contributed by atoms with van der Waals surface area (Å²) >= 11 is 0. The molecule has 3 N–H and O–H groups in total. The number of hydrogen-bond donors (Lipinski definition) is 3. The number of rotatable bonds is 7. The minimum Gasteiger partial charge on any atom is -0.508 e. The van der Waals surface area contributed by atoms with Crippen molar-refractivity contribution in [3.63, 3.8) is 0 Å². The Kier molecular flexibility index (Phi) is 5.91. The van der Waals surface area contributed by atoms with E-state index in [2.05, 4.69) is 25.4 Å². The van der Waals surface area contributed by atoms with Crippen LogP contribution in [0.15, 0.2) is 36.7 Å². The van der Waals surface area contributed by atoms with Gasteiger partial charge in [0, 0.05) is 36.8 Å². The molecule has 32 heavy (non-hydrogen) atoms. The second-order valence-electron chi connectivity index (χ2n) is 7.76. The molecule has 0 radical (unpaired) electrons. The predicted molar refractivity (Wildman–Crippen MR) is 122 cm³/mol. The van der Waals surface area contributed by atoms with Crippen LogP contribution in [0.5, 0.6) is 5.75 Å². The number of aromatic amines is 1. The quantitative estimate of drug-likeness (QED) is 0.413. The molecule has 9 nitrogen and oxygen atoms in total. The van der Waals surface area contributed by atoms with Crippen molar-refractivity contribution in [3.05, 3.63) is 59.3 Å².